The molecular weight excluding hydrogens is 571 g/mol. The van der Waals surface area contributed by atoms with E-state index < -0.39 is 46.2 Å². The lowest BCUT2D eigenvalue weighted by molar-refractivity contribution is -0.140. The van der Waals surface area contributed by atoms with Gasteiger partial charge in [-0.25, -0.2) is 8.42 Å². The third-order valence-corrected chi connectivity index (χ3v) is 8.16. The molecule has 3 aromatic carbocycles. The molecule has 0 saturated carbocycles. The van der Waals surface area contributed by atoms with Crippen molar-refractivity contribution in [3.05, 3.63) is 90.0 Å². The van der Waals surface area contributed by atoms with Gasteiger partial charge >= 0.3 is 6.18 Å². The second-order valence-corrected chi connectivity index (χ2v) is 11.7. The summed E-state index contributed by atoms with van der Waals surface area (Å²) in [6.45, 7) is 4.30. The fraction of sp³-hybridized carbons (Fsp3) is 0.333. The van der Waals surface area contributed by atoms with E-state index in [2.05, 4.69) is 5.32 Å². The molecule has 8 nitrogen and oxygen atoms in total. The summed E-state index contributed by atoms with van der Waals surface area (Å²) >= 11 is 0. The molecule has 0 heterocycles. The first-order chi connectivity index (χ1) is 19.8. The van der Waals surface area contributed by atoms with Crippen LogP contribution in [0.2, 0.25) is 0 Å². The van der Waals surface area contributed by atoms with Gasteiger partial charge < -0.3 is 15.0 Å². The first-order valence-corrected chi connectivity index (χ1v) is 14.7. The monoisotopic (exact) mass is 605 g/mol. The normalized spacial score (nSPS) is 12.5. The van der Waals surface area contributed by atoms with Crippen molar-refractivity contribution < 1.29 is 35.9 Å². The summed E-state index contributed by atoms with van der Waals surface area (Å²) in [5.41, 5.74) is -0.810. The Bertz CT molecular complexity index is 1480. The summed E-state index contributed by atoms with van der Waals surface area (Å²) in [5.74, 6) is -0.711. The Hall–Kier alpha value is -4.06. The first kappa shape index (κ1) is 32.5. The molecule has 0 fully saturated rings. The number of hydrogen-bond acceptors (Lipinski definition) is 5. The van der Waals surface area contributed by atoms with Gasteiger partial charge in [0.05, 0.1) is 23.3 Å². The van der Waals surface area contributed by atoms with Crippen molar-refractivity contribution in [2.24, 2.45) is 0 Å². The lowest BCUT2D eigenvalue weighted by atomic mass is 10.1. The molecule has 226 valence electrons. The molecule has 1 N–H and O–H groups in total. The van der Waals surface area contributed by atoms with Crippen LogP contribution in [-0.4, -0.2) is 50.9 Å². The molecule has 1 unspecified atom stereocenters. The number of carbonyl (C=O) groups is 2. The van der Waals surface area contributed by atoms with Crippen LogP contribution in [0.15, 0.2) is 83.8 Å². The minimum atomic E-state index is -4.75. The molecule has 0 radical (unpaired) electrons. The van der Waals surface area contributed by atoms with Crippen molar-refractivity contribution in [2.75, 3.05) is 18.0 Å². The minimum Gasteiger partial charge on any atom is -0.497 e. The van der Waals surface area contributed by atoms with Gasteiger partial charge in [-0.1, -0.05) is 43.3 Å². The van der Waals surface area contributed by atoms with Crippen molar-refractivity contribution in [3.8, 4) is 5.75 Å². The Balaban J connectivity index is 2.12. The quantitative estimate of drug-likeness (QED) is 0.305. The topological polar surface area (TPSA) is 96.0 Å². The van der Waals surface area contributed by atoms with Gasteiger partial charge in [0.15, 0.2) is 0 Å². The zero-order chi connectivity index (χ0) is 31.1. The molecule has 3 rings (SSSR count). The van der Waals surface area contributed by atoms with Gasteiger partial charge in [-0.05, 0) is 68.3 Å². The maximum absolute atomic E-state index is 14.0. The summed E-state index contributed by atoms with van der Waals surface area (Å²) in [4.78, 5) is 28.2. The number of halogens is 3. The Labute approximate surface area is 244 Å². The Morgan fingerprint density at radius 1 is 0.952 bits per heavy atom. The summed E-state index contributed by atoms with van der Waals surface area (Å²) in [6, 6.07) is 16.5. The highest BCUT2D eigenvalue weighted by atomic mass is 32.2. The van der Waals surface area contributed by atoms with Crippen molar-refractivity contribution in [1.82, 2.24) is 10.2 Å². The van der Waals surface area contributed by atoms with E-state index in [0.717, 1.165) is 12.1 Å². The van der Waals surface area contributed by atoms with Crippen molar-refractivity contribution in [3.63, 3.8) is 0 Å². The lowest BCUT2D eigenvalue weighted by Gasteiger charge is -2.33. The fourth-order valence-corrected chi connectivity index (χ4v) is 5.78. The third kappa shape index (κ3) is 8.03. The molecule has 0 saturated heterocycles. The van der Waals surface area contributed by atoms with E-state index in [-0.39, 0.29) is 29.6 Å². The van der Waals surface area contributed by atoms with Crippen molar-refractivity contribution >= 4 is 27.5 Å². The smallest absolute Gasteiger partial charge is 0.416 e. The molecule has 2 amide bonds. The van der Waals surface area contributed by atoms with Gasteiger partial charge in [0, 0.05) is 12.6 Å². The van der Waals surface area contributed by atoms with E-state index in [1.54, 1.807) is 51.1 Å². The molecular formula is C30H34F3N3O5S. The molecule has 3 aromatic rings. The standard InChI is InChI=1S/C30H34F3N3O5S/c1-5-27(29(38)34-21(2)3)35(19-22-11-9-14-25(17-22)41-4)28(37)20-36(42(39,40)26-15-7-6-8-16-26)24-13-10-12-23(18-24)30(31,32)33/h6-18,21,27H,5,19-20H2,1-4H3,(H,34,38). The Morgan fingerprint density at radius 3 is 2.21 bits per heavy atom. The van der Waals surface area contributed by atoms with Crippen molar-refractivity contribution in [2.45, 2.75) is 56.9 Å². The van der Waals surface area contributed by atoms with Crippen molar-refractivity contribution in [1.29, 1.82) is 0 Å². The van der Waals surface area contributed by atoms with E-state index >= 15 is 0 Å². The van der Waals surface area contributed by atoms with Crippen LogP contribution in [-0.2, 0) is 32.3 Å². The van der Waals surface area contributed by atoms with Crippen LogP contribution in [0.25, 0.3) is 0 Å². The predicted molar refractivity (Wildman–Crippen MR) is 153 cm³/mol. The van der Waals surface area contributed by atoms with Crippen LogP contribution in [0, 0.1) is 0 Å². The molecule has 0 bridgehead atoms. The number of anilines is 1. The Kier molecular flexibility index (Phi) is 10.6. The Morgan fingerprint density at radius 2 is 1.62 bits per heavy atom. The SMILES string of the molecule is CCC(C(=O)NC(C)C)N(Cc1cccc(OC)c1)C(=O)CN(c1cccc(C(F)(F)F)c1)S(=O)(=O)c1ccccc1. The number of alkyl halides is 3. The fourth-order valence-electron chi connectivity index (χ4n) is 4.35. The largest absolute Gasteiger partial charge is 0.497 e. The van der Waals surface area contributed by atoms with Crippen LogP contribution in [0.1, 0.15) is 38.3 Å². The number of nitrogens with zero attached hydrogens (tertiary/aromatic N) is 2. The van der Waals surface area contributed by atoms with Crippen LogP contribution >= 0.6 is 0 Å². The zero-order valence-electron chi connectivity index (χ0n) is 23.8. The predicted octanol–water partition coefficient (Wildman–Crippen LogP) is 5.24. The highest BCUT2D eigenvalue weighted by Gasteiger charge is 2.36. The molecule has 1 atom stereocenters. The van der Waals surface area contributed by atoms with Gasteiger partial charge in [0.25, 0.3) is 10.0 Å². The molecule has 42 heavy (non-hydrogen) atoms. The van der Waals surface area contributed by atoms with E-state index in [1.165, 1.54) is 42.3 Å². The number of nitrogens with one attached hydrogen (secondary N) is 1. The average molecular weight is 606 g/mol. The van der Waals surface area contributed by atoms with Crippen LogP contribution < -0.4 is 14.4 Å². The maximum atomic E-state index is 14.0. The number of benzene rings is 3. The second kappa shape index (κ2) is 13.7. The lowest BCUT2D eigenvalue weighted by Crippen LogP contribution is -2.53. The first-order valence-electron chi connectivity index (χ1n) is 13.3. The highest BCUT2D eigenvalue weighted by molar-refractivity contribution is 7.92. The summed E-state index contributed by atoms with van der Waals surface area (Å²) in [6.07, 6.45) is -4.55. The molecule has 0 aliphatic carbocycles. The summed E-state index contributed by atoms with van der Waals surface area (Å²) in [7, 11) is -3.02. The van der Waals surface area contributed by atoms with Crippen LogP contribution in [0.4, 0.5) is 18.9 Å². The van der Waals surface area contributed by atoms with E-state index in [9.17, 15) is 31.2 Å². The molecule has 0 aliphatic rings. The summed E-state index contributed by atoms with van der Waals surface area (Å²) in [5, 5.41) is 2.79. The van der Waals surface area contributed by atoms with Gasteiger partial charge in [0.2, 0.25) is 11.8 Å². The molecule has 0 aromatic heterocycles. The number of amides is 2. The van der Waals surface area contributed by atoms with Gasteiger partial charge in [-0.3, -0.25) is 13.9 Å². The van der Waals surface area contributed by atoms with Gasteiger partial charge in [0.1, 0.15) is 18.3 Å². The number of methoxy groups -OCH3 is 1. The number of carbonyl (C=O) groups excluding carboxylic acids is 2. The molecule has 0 spiro atoms. The number of hydrogen-bond donors (Lipinski definition) is 1. The minimum absolute atomic E-state index is 0.0815. The zero-order valence-corrected chi connectivity index (χ0v) is 24.6. The average Bonchev–Trinajstić information content (AvgIpc) is 2.95. The second-order valence-electron chi connectivity index (χ2n) is 9.83. The van der Waals surface area contributed by atoms with E-state index in [0.29, 0.717) is 21.7 Å². The maximum Gasteiger partial charge on any atom is 0.416 e. The van der Waals surface area contributed by atoms with E-state index in [4.69, 9.17) is 4.74 Å². The number of sulfonamides is 1. The highest BCUT2D eigenvalue weighted by Crippen LogP contribution is 2.33. The van der Waals surface area contributed by atoms with E-state index in [1.807, 2.05) is 0 Å². The summed E-state index contributed by atoms with van der Waals surface area (Å²) < 4.78 is 74.3. The molecule has 12 heteroatoms. The van der Waals surface area contributed by atoms with Crippen LogP contribution in [0.3, 0.4) is 0 Å². The number of ether oxygens (including phenoxy) is 1. The third-order valence-electron chi connectivity index (χ3n) is 6.38. The van der Waals surface area contributed by atoms with Gasteiger partial charge in [-0.2, -0.15) is 13.2 Å². The number of rotatable bonds is 12. The van der Waals surface area contributed by atoms with Crippen LogP contribution in [0.5, 0.6) is 5.75 Å². The molecule has 0 aliphatic heterocycles. The van der Waals surface area contributed by atoms with Gasteiger partial charge in [-0.15, -0.1) is 0 Å².